The van der Waals surface area contributed by atoms with Crippen LogP contribution in [0.2, 0.25) is 0 Å². The quantitative estimate of drug-likeness (QED) is 0.244. The maximum Gasteiger partial charge on any atom is 0.215 e. The maximum atomic E-state index is 6.65. The van der Waals surface area contributed by atoms with Gasteiger partial charge in [-0.1, -0.05) is 11.4 Å². The van der Waals surface area contributed by atoms with Crippen molar-refractivity contribution in [2.24, 2.45) is 0 Å². The Morgan fingerprint density at radius 1 is 1.78 bits per heavy atom. The Balaban J connectivity index is 3.28. The van der Waals surface area contributed by atoms with Gasteiger partial charge in [0.1, 0.15) is 5.76 Å². The molecule has 0 aromatic rings. The van der Waals surface area contributed by atoms with Crippen molar-refractivity contribution >= 4 is 6.72 Å². The summed E-state index contributed by atoms with van der Waals surface area (Å²) in [5.41, 5.74) is 0. The zero-order chi connectivity index (χ0) is 7.28. The summed E-state index contributed by atoms with van der Waals surface area (Å²) in [7, 11) is 1.49. The Bertz CT molecular complexity index is 122. The third kappa shape index (κ3) is 4.67. The van der Waals surface area contributed by atoms with Crippen LogP contribution in [0.3, 0.4) is 0 Å². The van der Waals surface area contributed by atoms with Gasteiger partial charge in [0.05, 0.1) is 7.11 Å². The molecule has 0 unspecified atom stereocenters. The molecule has 0 heterocycles. The van der Waals surface area contributed by atoms with Gasteiger partial charge >= 0.3 is 0 Å². The van der Waals surface area contributed by atoms with Crippen molar-refractivity contribution in [3.8, 4) is 0 Å². The number of hydrogen-bond donors (Lipinski definition) is 0. The van der Waals surface area contributed by atoms with Crippen molar-refractivity contribution in [1.29, 1.82) is 0 Å². The second kappa shape index (κ2) is 3.77. The first-order valence-electron chi connectivity index (χ1n) is 2.33. The van der Waals surface area contributed by atoms with E-state index in [1.807, 2.05) is 0 Å². The van der Waals surface area contributed by atoms with Crippen LogP contribution >= 0.6 is 0 Å². The summed E-state index contributed by atoms with van der Waals surface area (Å²) in [5, 5.41) is 0. The summed E-state index contributed by atoms with van der Waals surface area (Å²) in [6, 6.07) is 0. The van der Waals surface area contributed by atoms with Gasteiger partial charge in [0.2, 0.25) is 6.61 Å². The number of methoxy groups -OCH3 is 1. The highest BCUT2D eigenvalue weighted by atomic mass is 16.7. The molecule has 0 atom stereocenters. The van der Waals surface area contributed by atoms with Gasteiger partial charge < -0.3 is 10.6 Å². The molecule has 52 valence electrons. The van der Waals surface area contributed by atoms with Gasteiger partial charge in [-0.2, -0.15) is 0 Å². The van der Waals surface area contributed by atoms with Gasteiger partial charge in [-0.15, -0.1) is 0 Å². The fourth-order valence-corrected chi connectivity index (χ4v) is 0.209. The zero-order valence-electron chi connectivity index (χ0n) is 5.39. The average Bonchev–Trinajstić information content (AvgIpc) is 1.83. The van der Waals surface area contributed by atoms with Gasteiger partial charge in [0.15, 0.2) is 6.72 Å². The van der Waals surface area contributed by atoms with Crippen molar-refractivity contribution in [3.63, 3.8) is 0 Å². The van der Waals surface area contributed by atoms with E-state index in [9.17, 15) is 0 Å². The van der Waals surface area contributed by atoms with Crippen LogP contribution < -0.4 is 0 Å². The van der Waals surface area contributed by atoms with Gasteiger partial charge in [0, 0.05) is 0 Å². The lowest BCUT2D eigenvalue weighted by molar-refractivity contribution is -0.734. The van der Waals surface area contributed by atoms with Crippen LogP contribution in [0.1, 0.15) is 0 Å². The van der Waals surface area contributed by atoms with E-state index < -0.39 is 0 Å². The summed E-state index contributed by atoms with van der Waals surface area (Å²) in [6.45, 7) is 6.76. The van der Waals surface area contributed by atoms with E-state index >= 15 is 0 Å². The molecule has 0 rings (SSSR count). The number of ether oxygens (including phenoxy) is 1. The first kappa shape index (κ1) is 7.81. The number of nitrogens with one attached hydrogen (secondary N) is 1. The zero-order valence-corrected chi connectivity index (χ0v) is 5.39. The summed E-state index contributed by atoms with van der Waals surface area (Å²) in [4.78, 5) is 5.16. The maximum absolute atomic E-state index is 6.65. The SMILES string of the molecule is C=C(CO[N+](=C)[NH-])OC. The van der Waals surface area contributed by atoms with Gasteiger partial charge in [-0.25, -0.2) is 0 Å². The molecule has 1 N–H and O–H groups in total. The molecule has 0 aliphatic heterocycles. The summed E-state index contributed by atoms with van der Waals surface area (Å²) < 4.78 is 4.64. The molecule has 0 aromatic carbocycles. The summed E-state index contributed by atoms with van der Waals surface area (Å²) in [6.07, 6.45) is 0. The third-order valence-electron chi connectivity index (χ3n) is 0.670. The van der Waals surface area contributed by atoms with Crippen LogP contribution in [0.25, 0.3) is 5.84 Å². The van der Waals surface area contributed by atoms with Gasteiger partial charge in [-0.05, 0) is 0 Å². The van der Waals surface area contributed by atoms with Crippen LogP contribution in [-0.2, 0) is 9.57 Å². The highest BCUT2D eigenvalue weighted by Crippen LogP contribution is 1.90. The first-order valence-corrected chi connectivity index (χ1v) is 2.33. The van der Waals surface area contributed by atoms with Crippen LogP contribution in [0.4, 0.5) is 0 Å². The highest BCUT2D eigenvalue weighted by molar-refractivity contribution is 5.13. The van der Waals surface area contributed by atoms with E-state index in [1.54, 1.807) is 0 Å². The standard InChI is InChI=1S/C5H10N2O2/c1-5(8-3)4-9-7(2)6/h6H,1-2,4H2,3H3. The van der Waals surface area contributed by atoms with Crippen molar-refractivity contribution in [1.82, 2.24) is 0 Å². The highest BCUT2D eigenvalue weighted by Gasteiger charge is 1.93. The summed E-state index contributed by atoms with van der Waals surface area (Å²) in [5.74, 6) is 7.12. The summed E-state index contributed by atoms with van der Waals surface area (Å²) >= 11 is 0. The molecule has 0 fully saturated rings. The lowest BCUT2D eigenvalue weighted by atomic mass is 10.6. The van der Waals surface area contributed by atoms with Gasteiger partial charge in [0.25, 0.3) is 0 Å². The van der Waals surface area contributed by atoms with Crippen LogP contribution in [0.5, 0.6) is 0 Å². The second-order valence-corrected chi connectivity index (χ2v) is 1.39. The largest absolute Gasteiger partial charge is 0.498 e. The van der Waals surface area contributed by atoms with Crippen LogP contribution in [0.15, 0.2) is 12.3 Å². The van der Waals surface area contributed by atoms with E-state index in [4.69, 9.17) is 5.84 Å². The molecular weight excluding hydrogens is 120 g/mol. The Morgan fingerprint density at radius 3 is 2.67 bits per heavy atom. The minimum absolute atomic E-state index is 0.170. The van der Waals surface area contributed by atoms with E-state index in [2.05, 4.69) is 22.9 Å². The van der Waals surface area contributed by atoms with Gasteiger partial charge in [-0.3, -0.25) is 4.84 Å². The minimum Gasteiger partial charge on any atom is -0.498 e. The molecule has 4 heteroatoms. The average molecular weight is 130 g/mol. The molecule has 0 saturated heterocycles. The first-order chi connectivity index (χ1) is 4.16. The predicted molar refractivity (Wildman–Crippen MR) is 33.8 cm³/mol. The Labute approximate surface area is 54.1 Å². The molecule has 9 heavy (non-hydrogen) atoms. The van der Waals surface area contributed by atoms with E-state index in [0.29, 0.717) is 10.6 Å². The molecular formula is C5H10N2O2. The number of rotatable bonds is 4. The van der Waals surface area contributed by atoms with E-state index in [-0.39, 0.29) is 6.61 Å². The topological polar surface area (TPSA) is 45.3 Å². The van der Waals surface area contributed by atoms with Crippen molar-refractivity contribution in [2.75, 3.05) is 13.7 Å². The molecule has 0 amide bonds. The molecule has 4 nitrogen and oxygen atoms in total. The molecule has 0 radical (unpaired) electrons. The fraction of sp³-hybridized carbons (Fsp3) is 0.400. The molecule has 0 aromatic heterocycles. The number of hydrogen-bond acceptors (Lipinski definition) is 2. The fourth-order valence-electron chi connectivity index (χ4n) is 0.209. The Morgan fingerprint density at radius 2 is 2.33 bits per heavy atom. The monoisotopic (exact) mass is 130 g/mol. The molecule has 0 saturated carbocycles. The lowest BCUT2D eigenvalue weighted by Crippen LogP contribution is -2.04. The molecule has 0 spiro atoms. The van der Waals surface area contributed by atoms with Crippen molar-refractivity contribution < 1.29 is 14.4 Å². The minimum atomic E-state index is 0.170. The molecule has 0 bridgehead atoms. The predicted octanol–water partition coefficient (Wildman–Crippen LogP) is 0.758. The molecule has 0 aliphatic rings. The molecule has 0 aliphatic carbocycles. The van der Waals surface area contributed by atoms with Crippen molar-refractivity contribution in [3.05, 3.63) is 18.2 Å². The third-order valence-corrected chi connectivity index (χ3v) is 0.670. The van der Waals surface area contributed by atoms with Crippen LogP contribution in [0, 0.1) is 0 Å². The van der Waals surface area contributed by atoms with E-state index in [1.165, 1.54) is 7.11 Å². The Hall–Kier alpha value is -1.19. The second-order valence-electron chi connectivity index (χ2n) is 1.39. The van der Waals surface area contributed by atoms with Crippen LogP contribution in [-0.4, -0.2) is 25.3 Å². The van der Waals surface area contributed by atoms with Crippen molar-refractivity contribution in [2.45, 2.75) is 0 Å². The lowest BCUT2D eigenvalue weighted by Gasteiger charge is -2.02. The Kier molecular flexibility index (Phi) is 3.27. The number of nitrogens with zero attached hydrogens (tertiary/aromatic N) is 1. The normalized spacial score (nSPS) is 8.11. The smallest absolute Gasteiger partial charge is 0.215 e. The van der Waals surface area contributed by atoms with E-state index in [0.717, 1.165) is 0 Å².